The average molecular weight is 444 g/mol. The Hall–Kier alpha value is -2.71. The van der Waals surface area contributed by atoms with Crippen LogP contribution in [0.25, 0.3) is 0 Å². The summed E-state index contributed by atoms with van der Waals surface area (Å²) in [4.78, 5) is 27.0. The normalized spacial score (nSPS) is 17.1. The number of rotatable bonds is 5. The maximum atomic E-state index is 12.7. The lowest BCUT2D eigenvalue weighted by atomic mass is 10.1. The number of carbonyl (C=O) groups is 2. The van der Waals surface area contributed by atoms with Crippen molar-refractivity contribution in [3.63, 3.8) is 0 Å². The van der Waals surface area contributed by atoms with Crippen LogP contribution in [-0.4, -0.2) is 32.3 Å². The fraction of sp³-hybridized carbons (Fsp3) is 0.391. The predicted octanol–water partition coefficient (Wildman–Crippen LogP) is 3.37. The molecule has 0 saturated carbocycles. The van der Waals surface area contributed by atoms with E-state index < -0.39 is 21.5 Å². The Kier molecular flexibility index (Phi) is 6.25. The van der Waals surface area contributed by atoms with Crippen molar-refractivity contribution < 1.29 is 18.0 Å². The molecule has 1 fully saturated rings. The molecule has 0 radical (unpaired) electrons. The molecule has 8 heteroatoms. The van der Waals surface area contributed by atoms with Crippen LogP contribution < -0.4 is 14.9 Å². The molecule has 1 atom stereocenters. The predicted molar refractivity (Wildman–Crippen MR) is 122 cm³/mol. The molecule has 1 unspecified atom stereocenters. The monoisotopic (exact) mass is 443 g/mol. The van der Waals surface area contributed by atoms with Crippen molar-refractivity contribution in [3.05, 3.63) is 53.6 Å². The molecule has 2 aromatic carbocycles. The third kappa shape index (κ3) is 5.71. The van der Waals surface area contributed by atoms with Gasteiger partial charge in [-0.3, -0.25) is 9.59 Å². The summed E-state index contributed by atoms with van der Waals surface area (Å²) in [6, 6.07) is 11.9. The molecule has 1 saturated heterocycles. The quantitative estimate of drug-likeness (QED) is 0.741. The van der Waals surface area contributed by atoms with E-state index in [4.69, 9.17) is 0 Å². The van der Waals surface area contributed by atoms with Gasteiger partial charge in [0.1, 0.15) is 0 Å². The molecule has 0 spiro atoms. The molecule has 0 bridgehead atoms. The second-order valence-electron chi connectivity index (χ2n) is 9.12. The molecule has 1 aliphatic heterocycles. The zero-order chi connectivity index (χ0) is 23.0. The average Bonchev–Trinajstić information content (AvgIpc) is 3.01. The summed E-state index contributed by atoms with van der Waals surface area (Å²) in [6.07, 6.45) is 0.140. The minimum Gasteiger partial charge on any atom is -0.326 e. The van der Waals surface area contributed by atoms with Gasteiger partial charge >= 0.3 is 0 Å². The first kappa shape index (κ1) is 23.0. The first-order valence-electron chi connectivity index (χ1n) is 10.2. The van der Waals surface area contributed by atoms with Gasteiger partial charge in [-0.1, -0.05) is 6.07 Å². The standard InChI is InChI=1S/C23H29N3O4S/c1-15-10-16(2)12-19(11-15)26-14-17(13-21(26)27)22(28)24-18-6-8-20(9-7-18)31(29,30)25-23(3,4)5/h6-12,17,25H,13-14H2,1-5H3,(H,24,28). The fourth-order valence-electron chi connectivity index (χ4n) is 3.66. The van der Waals surface area contributed by atoms with Crippen LogP contribution in [-0.2, 0) is 19.6 Å². The van der Waals surface area contributed by atoms with Gasteiger partial charge in [0.05, 0.1) is 10.8 Å². The van der Waals surface area contributed by atoms with Crippen LogP contribution in [0.2, 0.25) is 0 Å². The van der Waals surface area contributed by atoms with Crippen LogP contribution in [0.1, 0.15) is 38.3 Å². The summed E-state index contributed by atoms with van der Waals surface area (Å²) >= 11 is 0. The van der Waals surface area contributed by atoms with Gasteiger partial charge in [0.15, 0.2) is 0 Å². The number of aryl methyl sites for hydroxylation is 2. The molecule has 2 N–H and O–H groups in total. The molecule has 166 valence electrons. The van der Waals surface area contributed by atoms with E-state index >= 15 is 0 Å². The van der Waals surface area contributed by atoms with Crippen LogP contribution in [0.4, 0.5) is 11.4 Å². The summed E-state index contributed by atoms with van der Waals surface area (Å²) in [5, 5.41) is 2.79. The number of hydrogen-bond donors (Lipinski definition) is 2. The highest BCUT2D eigenvalue weighted by molar-refractivity contribution is 7.89. The van der Waals surface area contributed by atoms with Gasteiger partial charge in [-0.05, 0) is 82.1 Å². The van der Waals surface area contributed by atoms with Crippen molar-refractivity contribution in [1.82, 2.24) is 4.72 Å². The van der Waals surface area contributed by atoms with Crippen LogP contribution >= 0.6 is 0 Å². The second kappa shape index (κ2) is 8.43. The number of sulfonamides is 1. The molecular formula is C23H29N3O4S. The molecule has 7 nitrogen and oxygen atoms in total. The largest absolute Gasteiger partial charge is 0.326 e. The fourth-order valence-corrected chi connectivity index (χ4v) is 5.08. The van der Waals surface area contributed by atoms with E-state index in [1.54, 1.807) is 37.8 Å². The van der Waals surface area contributed by atoms with E-state index in [0.29, 0.717) is 12.2 Å². The molecule has 0 aliphatic carbocycles. The van der Waals surface area contributed by atoms with Crippen molar-refractivity contribution in [2.24, 2.45) is 5.92 Å². The van der Waals surface area contributed by atoms with Crippen LogP contribution in [0.5, 0.6) is 0 Å². The third-order valence-corrected chi connectivity index (χ3v) is 6.66. The maximum Gasteiger partial charge on any atom is 0.241 e. The molecular weight excluding hydrogens is 414 g/mol. The Bertz CT molecular complexity index is 1080. The zero-order valence-corrected chi connectivity index (χ0v) is 19.3. The van der Waals surface area contributed by atoms with Gasteiger partial charge in [0, 0.05) is 29.9 Å². The van der Waals surface area contributed by atoms with Gasteiger partial charge in [-0.15, -0.1) is 0 Å². The molecule has 1 aliphatic rings. The van der Waals surface area contributed by atoms with E-state index in [-0.39, 0.29) is 23.1 Å². The molecule has 31 heavy (non-hydrogen) atoms. The lowest BCUT2D eigenvalue weighted by molar-refractivity contribution is -0.122. The van der Waals surface area contributed by atoms with E-state index in [2.05, 4.69) is 10.0 Å². The minimum atomic E-state index is -3.65. The number of nitrogens with zero attached hydrogens (tertiary/aromatic N) is 1. The van der Waals surface area contributed by atoms with Gasteiger partial charge in [0.2, 0.25) is 21.8 Å². The number of anilines is 2. The van der Waals surface area contributed by atoms with Crippen LogP contribution in [0.3, 0.4) is 0 Å². The van der Waals surface area contributed by atoms with Crippen molar-refractivity contribution in [2.45, 2.75) is 51.5 Å². The summed E-state index contributed by atoms with van der Waals surface area (Å²) in [5.41, 5.74) is 2.82. The Morgan fingerprint density at radius 1 is 1.03 bits per heavy atom. The van der Waals surface area contributed by atoms with Crippen LogP contribution in [0, 0.1) is 19.8 Å². The van der Waals surface area contributed by atoms with Gasteiger partial charge in [-0.2, -0.15) is 0 Å². The number of amides is 2. The Labute approximate surface area is 183 Å². The maximum absolute atomic E-state index is 12.7. The smallest absolute Gasteiger partial charge is 0.241 e. The first-order chi connectivity index (χ1) is 14.3. The Balaban J connectivity index is 1.67. The summed E-state index contributed by atoms with van der Waals surface area (Å²) in [5.74, 6) is -0.817. The number of benzene rings is 2. The SMILES string of the molecule is Cc1cc(C)cc(N2CC(C(=O)Nc3ccc(S(=O)(=O)NC(C)(C)C)cc3)CC2=O)c1. The summed E-state index contributed by atoms with van der Waals surface area (Å²) < 4.78 is 27.4. The number of carbonyl (C=O) groups excluding carboxylic acids is 2. The first-order valence-corrected chi connectivity index (χ1v) is 11.7. The van der Waals surface area contributed by atoms with Crippen molar-refractivity contribution in [1.29, 1.82) is 0 Å². The minimum absolute atomic E-state index is 0.0835. The lowest BCUT2D eigenvalue weighted by Gasteiger charge is -2.20. The lowest BCUT2D eigenvalue weighted by Crippen LogP contribution is -2.40. The summed E-state index contributed by atoms with van der Waals surface area (Å²) in [7, 11) is -3.65. The number of nitrogens with one attached hydrogen (secondary N) is 2. The van der Waals surface area contributed by atoms with Gasteiger partial charge in [0.25, 0.3) is 0 Å². The highest BCUT2D eigenvalue weighted by Crippen LogP contribution is 2.28. The molecule has 2 aromatic rings. The van der Waals surface area contributed by atoms with Crippen LogP contribution in [0.15, 0.2) is 47.4 Å². The topological polar surface area (TPSA) is 95.6 Å². The zero-order valence-electron chi connectivity index (χ0n) is 18.5. The highest BCUT2D eigenvalue weighted by Gasteiger charge is 2.35. The van der Waals surface area contributed by atoms with Gasteiger partial charge < -0.3 is 10.2 Å². The van der Waals surface area contributed by atoms with E-state index in [0.717, 1.165) is 16.8 Å². The number of hydrogen-bond acceptors (Lipinski definition) is 4. The van der Waals surface area contributed by atoms with E-state index in [9.17, 15) is 18.0 Å². The molecule has 1 heterocycles. The van der Waals surface area contributed by atoms with E-state index in [1.807, 2.05) is 32.0 Å². The van der Waals surface area contributed by atoms with Gasteiger partial charge in [-0.25, -0.2) is 13.1 Å². The summed E-state index contributed by atoms with van der Waals surface area (Å²) in [6.45, 7) is 9.57. The third-order valence-electron chi connectivity index (χ3n) is 4.89. The second-order valence-corrected chi connectivity index (χ2v) is 10.8. The Morgan fingerprint density at radius 2 is 1.61 bits per heavy atom. The highest BCUT2D eigenvalue weighted by atomic mass is 32.2. The van der Waals surface area contributed by atoms with Crippen molar-refractivity contribution >= 4 is 33.2 Å². The molecule has 0 aromatic heterocycles. The van der Waals surface area contributed by atoms with E-state index in [1.165, 1.54) is 12.1 Å². The Morgan fingerprint density at radius 3 is 2.16 bits per heavy atom. The van der Waals surface area contributed by atoms with Crippen molar-refractivity contribution in [3.8, 4) is 0 Å². The molecule has 2 amide bonds. The molecule has 3 rings (SSSR count). The van der Waals surface area contributed by atoms with Crippen molar-refractivity contribution in [2.75, 3.05) is 16.8 Å².